The number of hydrogen-bond donors (Lipinski definition) is 1. The molecule has 0 fully saturated rings. The van der Waals surface area contributed by atoms with Crippen molar-refractivity contribution < 1.29 is 9.53 Å². The third-order valence-corrected chi connectivity index (χ3v) is 2.36. The van der Waals surface area contributed by atoms with Crippen molar-refractivity contribution in [2.75, 3.05) is 20.8 Å². The Balaban J connectivity index is 2.62. The molecule has 72 valence electrons. The fourth-order valence-corrected chi connectivity index (χ4v) is 1.63. The molecule has 0 aliphatic heterocycles. The zero-order chi connectivity index (χ0) is 9.68. The fraction of sp³-hybridized carbons (Fsp3) is 0.500. The summed E-state index contributed by atoms with van der Waals surface area (Å²) in [6.07, 6.45) is 0. The topological polar surface area (TPSA) is 51.2 Å². The summed E-state index contributed by atoms with van der Waals surface area (Å²) in [5.74, 6) is -0.0603. The van der Waals surface area contributed by atoms with Crippen molar-refractivity contribution in [3.8, 4) is 0 Å². The average molecular weight is 200 g/mol. The van der Waals surface area contributed by atoms with Gasteiger partial charge in [-0.25, -0.2) is 4.98 Å². The zero-order valence-electron chi connectivity index (χ0n) is 7.66. The van der Waals surface area contributed by atoms with Gasteiger partial charge >= 0.3 is 0 Å². The van der Waals surface area contributed by atoms with Crippen molar-refractivity contribution in [2.24, 2.45) is 0 Å². The first kappa shape index (κ1) is 10.3. The number of nitrogens with one attached hydrogen (secondary N) is 1. The van der Waals surface area contributed by atoms with Crippen LogP contribution in [0.5, 0.6) is 0 Å². The van der Waals surface area contributed by atoms with Gasteiger partial charge in [0, 0.05) is 19.0 Å². The molecule has 0 radical (unpaired) electrons. The van der Waals surface area contributed by atoms with E-state index in [0.717, 1.165) is 5.69 Å². The van der Waals surface area contributed by atoms with Gasteiger partial charge in [0.15, 0.2) is 5.01 Å². The highest BCUT2D eigenvalue weighted by molar-refractivity contribution is 7.11. The normalized spacial score (nSPS) is 10.3. The first-order chi connectivity index (χ1) is 6.27. The van der Waals surface area contributed by atoms with E-state index in [1.807, 2.05) is 12.4 Å². The van der Waals surface area contributed by atoms with Crippen LogP contribution in [-0.4, -0.2) is 31.5 Å². The maximum atomic E-state index is 11.3. The number of ketones is 1. The van der Waals surface area contributed by atoms with Gasteiger partial charge in [-0.15, -0.1) is 11.3 Å². The lowest BCUT2D eigenvalue weighted by Crippen LogP contribution is -2.08. The second-order valence-corrected chi connectivity index (χ2v) is 3.39. The number of nitrogens with zero attached hydrogens (tertiary/aromatic N) is 1. The van der Waals surface area contributed by atoms with Crippen LogP contribution in [0.4, 0.5) is 0 Å². The van der Waals surface area contributed by atoms with E-state index in [4.69, 9.17) is 4.74 Å². The van der Waals surface area contributed by atoms with Gasteiger partial charge in [-0.1, -0.05) is 0 Å². The summed E-state index contributed by atoms with van der Waals surface area (Å²) in [6.45, 7) is 0.795. The molecule has 13 heavy (non-hydrogen) atoms. The highest BCUT2D eigenvalue weighted by Gasteiger charge is 2.09. The van der Waals surface area contributed by atoms with E-state index < -0.39 is 0 Å². The number of carbonyl (C=O) groups is 1. The number of carbonyl (C=O) groups excluding carboxylic acids is 1. The summed E-state index contributed by atoms with van der Waals surface area (Å²) in [5, 5.41) is 5.36. The van der Waals surface area contributed by atoms with Crippen molar-refractivity contribution in [1.82, 2.24) is 10.3 Å². The minimum atomic E-state index is -0.0603. The predicted octanol–water partition coefficient (Wildman–Crippen LogP) is 0.692. The number of aromatic nitrogens is 1. The SMILES string of the molecule is CNCc1csc(C(=O)COC)n1. The van der Waals surface area contributed by atoms with E-state index >= 15 is 0 Å². The zero-order valence-corrected chi connectivity index (χ0v) is 8.48. The molecular weight excluding hydrogens is 188 g/mol. The lowest BCUT2D eigenvalue weighted by molar-refractivity contribution is 0.0847. The van der Waals surface area contributed by atoms with Crippen LogP contribution < -0.4 is 5.32 Å². The molecule has 1 rings (SSSR count). The van der Waals surface area contributed by atoms with Crippen LogP contribution in [0.2, 0.25) is 0 Å². The highest BCUT2D eigenvalue weighted by Crippen LogP contribution is 2.10. The van der Waals surface area contributed by atoms with E-state index in [2.05, 4.69) is 10.3 Å². The molecule has 1 aromatic heterocycles. The second kappa shape index (κ2) is 5.06. The molecule has 0 saturated carbocycles. The van der Waals surface area contributed by atoms with E-state index in [1.165, 1.54) is 18.4 Å². The monoisotopic (exact) mass is 200 g/mol. The molecule has 0 unspecified atom stereocenters. The average Bonchev–Trinajstić information content (AvgIpc) is 2.54. The van der Waals surface area contributed by atoms with Gasteiger partial charge < -0.3 is 10.1 Å². The standard InChI is InChI=1S/C8H12N2O2S/c1-9-3-6-5-13-8(10-6)7(11)4-12-2/h5,9H,3-4H2,1-2H3. The lowest BCUT2D eigenvalue weighted by Gasteiger charge is -1.93. The van der Waals surface area contributed by atoms with Crippen molar-refractivity contribution in [1.29, 1.82) is 0 Å². The summed E-state index contributed by atoms with van der Waals surface area (Å²) in [7, 11) is 3.34. The van der Waals surface area contributed by atoms with Gasteiger partial charge in [0.25, 0.3) is 0 Å². The van der Waals surface area contributed by atoms with Crippen LogP contribution in [0, 0.1) is 0 Å². The Morgan fingerprint density at radius 2 is 2.54 bits per heavy atom. The van der Waals surface area contributed by atoms with E-state index in [-0.39, 0.29) is 12.4 Å². The third-order valence-electron chi connectivity index (χ3n) is 1.42. The van der Waals surface area contributed by atoms with Gasteiger partial charge in [0.2, 0.25) is 5.78 Å². The molecule has 5 heteroatoms. The number of hydrogen-bond acceptors (Lipinski definition) is 5. The van der Waals surface area contributed by atoms with Crippen molar-refractivity contribution in [3.63, 3.8) is 0 Å². The van der Waals surface area contributed by atoms with Crippen LogP contribution in [0.1, 0.15) is 15.5 Å². The smallest absolute Gasteiger partial charge is 0.216 e. The van der Waals surface area contributed by atoms with Crippen LogP contribution in [-0.2, 0) is 11.3 Å². The number of Topliss-reactive ketones (excluding diaryl/α,β-unsaturated/α-hetero) is 1. The summed E-state index contributed by atoms with van der Waals surface area (Å²) in [4.78, 5) is 15.4. The number of methoxy groups -OCH3 is 1. The Labute approximate surface area is 80.9 Å². The van der Waals surface area contributed by atoms with Crippen LogP contribution in [0.25, 0.3) is 0 Å². The van der Waals surface area contributed by atoms with Crippen LogP contribution in [0.15, 0.2) is 5.38 Å². The minimum absolute atomic E-state index is 0.0603. The fourth-order valence-electron chi connectivity index (χ4n) is 0.890. The highest BCUT2D eigenvalue weighted by atomic mass is 32.1. The van der Waals surface area contributed by atoms with E-state index in [1.54, 1.807) is 0 Å². The van der Waals surface area contributed by atoms with Crippen LogP contribution >= 0.6 is 11.3 Å². The van der Waals surface area contributed by atoms with Gasteiger partial charge in [-0.3, -0.25) is 4.79 Å². The summed E-state index contributed by atoms with van der Waals surface area (Å²) in [5.41, 5.74) is 0.895. The van der Waals surface area contributed by atoms with Crippen LogP contribution in [0.3, 0.4) is 0 Å². The molecule has 0 bridgehead atoms. The van der Waals surface area contributed by atoms with Crippen molar-refractivity contribution in [2.45, 2.75) is 6.54 Å². The minimum Gasteiger partial charge on any atom is -0.376 e. The maximum absolute atomic E-state index is 11.3. The molecule has 1 N–H and O–H groups in total. The Morgan fingerprint density at radius 3 is 3.15 bits per heavy atom. The number of ether oxygens (including phenoxy) is 1. The second-order valence-electron chi connectivity index (χ2n) is 2.53. The maximum Gasteiger partial charge on any atom is 0.216 e. The Kier molecular flexibility index (Phi) is 4.01. The molecular formula is C8H12N2O2S. The number of thiazole rings is 1. The van der Waals surface area contributed by atoms with Crippen molar-refractivity contribution in [3.05, 3.63) is 16.1 Å². The van der Waals surface area contributed by atoms with Gasteiger partial charge in [0.05, 0.1) is 5.69 Å². The molecule has 0 aliphatic carbocycles. The van der Waals surface area contributed by atoms with Gasteiger partial charge in [-0.05, 0) is 7.05 Å². The summed E-state index contributed by atoms with van der Waals surface area (Å²) >= 11 is 1.36. The molecule has 0 spiro atoms. The molecule has 0 aliphatic rings. The molecule has 0 saturated heterocycles. The Hall–Kier alpha value is -0.780. The van der Waals surface area contributed by atoms with Gasteiger partial charge in [-0.2, -0.15) is 0 Å². The number of rotatable bonds is 5. The largest absolute Gasteiger partial charge is 0.376 e. The molecule has 0 atom stereocenters. The lowest BCUT2D eigenvalue weighted by atomic mass is 10.4. The Morgan fingerprint density at radius 1 is 1.77 bits per heavy atom. The summed E-state index contributed by atoms with van der Waals surface area (Å²) < 4.78 is 4.73. The van der Waals surface area contributed by atoms with Gasteiger partial charge in [0.1, 0.15) is 6.61 Å². The predicted molar refractivity (Wildman–Crippen MR) is 51.1 cm³/mol. The first-order valence-electron chi connectivity index (χ1n) is 3.89. The molecule has 1 heterocycles. The summed E-state index contributed by atoms with van der Waals surface area (Å²) in [6, 6.07) is 0. The van der Waals surface area contributed by atoms with E-state index in [9.17, 15) is 4.79 Å². The van der Waals surface area contributed by atoms with E-state index in [0.29, 0.717) is 11.6 Å². The molecule has 0 amide bonds. The molecule has 4 nitrogen and oxygen atoms in total. The quantitative estimate of drug-likeness (QED) is 0.710. The molecule has 0 aromatic carbocycles. The molecule has 1 aromatic rings. The first-order valence-corrected chi connectivity index (χ1v) is 4.77. The Bertz CT molecular complexity index is 285. The third kappa shape index (κ3) is 2.87. The van der Waals surface area contributed by atoms with Crippen molar-refractivity contribution >= 4 is 17.1 Å².